The number of imidazole rings is 1. The standard InChI is InChI=1S/C11H11FN2/c1-7-4-3-5-9(12)10(7)11-13-6-8(2)14-11/h3-6H,1-2H3,(H,13,14). The van der Waals surface area contributed by atoms with E-state index in [9.17, 15) is 4.39 Å². The van der Waals surface area contributed by atoms with E-state index >= 15 is 0 Å². The number of halogens is 1. The van der Waals surface area contributed by atoms with Gasteiger partial charge in [0.1, 0.15) is 11.6 Å². The normalized spacial score (nSPS) is 10.5. The number of nitrogens with zero attached hydrogens (tertiary/aromatic N) is 1. The zero-order chi connectivity index (χ0) is 10.1. The summed E-state index contributed by atoms with van der Waals surface area (Å²) in [6.45, 7) is 3.77. The highest BCUT2D eigenvalue weighted by Gasteiger charge is 2.10. The van der Waals surface area contributed by atoms with Crippen molar-refractivity contribution in [3.05, 3.63) is 41.5 Å². The Hall–Kier alpha value is -1.64. The van der Waals surface area contributed by atoms with Crippen LogP contribution in [-0.2, 0) is 0 Å². The van der Waals surface area contributed by atoms with Crippen molar-refractivity contribution in [2.75, 3.05) is 0 Å². The summed E-state index contributed by atoms with van der Waals surface area (Å²) in [6, 6.07) is 5.01. The molecule has 14 heavy (non-hydrogen) atoms. The maximum atomic E-state index is 13.5. The molecule has 72 valence electrons. The number of aromatic nitrogens is 2. The third kappa shape index (κ3) is 1.41. The molecule has 1 aromatic heterocycles. The average Bonchev–Trinajstić information content (AvgIpc) is 2.51. The van der Waals surface area contributed by atoms with Crippen molar-refractivity contribution in [3.8, 4) is 11.4 Å². The molecule has 0 unspecified atom stereocenters. The molecule has 2 aromatic rings. The van der Waals surface area contributed by atoms with E-state index < -0.39 is 0 Å². The van der Waals surface area contributed by atoms with Gasteiger partial charge < -0.3 is 4.98 Å². The summed E-state index contributed by atoms with van der Waals surface area (Å²) in [4.78, 5) is 7.14. The van der Waals surface area contributed by atoms with Crippen LogP contribution in [0.1, 0.15) is 11.3 Å². The van der Waals surface area contributed by atoms with E-state index in [1.165, 1.54) is 6.07 Å². The highest BCUT2D eigenvalue weighted by atomic mass is 19.1. The van der Waals surface area contributed by atoms with Crippen LogP contribution in [0, 0.1) is 19.7 Å². The van der Waals surface area contributed by atoms with Crippen molar-refractivity contribution >= 4 is 0 Å². The minimum atomic E-state index is -0.237. The van der Waals surface area contributed by atoms with Gasteiger partial charge in [0, 0.05) is 11.9 Å². The summed E-state index contributed by atoms with van der Waals surface area (Å²) < 4.78 is 13.5. The summed E-state index contributed by atoms with van der Waals surface area (Å²) in [5, 5.41) is 0. The van der Waals surface area contributed by atoms with E-state index in [1.807, 2.05) is 19.9 Å². The summed E-state index contributed by atoms with van der Waals surface area (Å²) in [5.41, 5.74) is 2.38. The number of rotatable bonds is 1. The summed E-state index contributed by atoms with van der Waals surface area (Å²) in [7, 11) is 0. The van der Waals surface area contributed by atoms with Crippen molar-refractivity contribution in [2.45, 2.75) is 13.8 Å². The van der Waals surface area contributed by atoms with E-state index in [2.05, 4.69) is 9.97 Å². The lowest BCUT2D eigenvalue weighted by Gasteiger charge is -2.03. The molecule has 0 fully saturated rings. The number of nitrogens with one attached hydrogen (secondary N) is 1. The van der Waals surface area contributed by atoms with Crippen molar-refractivity contribution in [1.29, 1.82) is 0 Å². The molecule has 0 atom stereocenters. The van der Waals surface area contributed by atoms with E-state index in [0.29, 0.717) is 11.4 Å². The number of hydrogen-bond donors (Lipinski definition) is 1. The molecule has 0 aliphatic rings. The zero-order valence-electron chi connectivity index (χ0n) is 8.13. The van der Waals surface area contributed by atoms with Crippen molar-refractivity contribution < 1.29 is 4.39 Å². The Bertz CT molecular complexity index is 440. The second kappa shape index (κ2) is 3.25. The van der Waals surface area contributed by atoms with Crippen LogP contribution in [0.3, 0.4) is 0 Å². The fraction of sp³-hybridized carbons (Fsp3) is 0.182. The van der Waals surface area contributed by atoms with Crippen molar-refractivity contribution in [3.63, 3.8) is 0 Å². The average molecular weight is 190 g/mol. The fourth-order valence-electron chi connectivity index (χ4n) is 1.47. The molecule has 1 aromatic carbocycles. The van der Waals surface area contributed by atoms with Gasteiger partial charge in [-0.25, -0.2) is 9.37 Å². The largest absolute Gasteiger partial charge is 0.342 e. The molecule has 0 radical (unpaired) electrons. The van der Waals surface area contributed by atoms with Gasteiger partial charge >= 0.3 is 0 Å². The Morgan fingerprint density at radius 3 is 2.64 bits per heavy atom. The fourth-order valence-corrected chi connectivity index (χ4v) is 1.47. The van der Waals surface area contributed by atoms with Crippen LogP contribution in [0.4, 0.5) is 4.39 Å². The van der Waals surface area contributed by atoms with Gasteiger partial charge in [-0.3, -0.25) is 0 Å². The lowest BCUT2D eigenvalue weighted by Crippen LogP contribution is -1.90. The van der Waals surface area contributed by atoms with Crippen LogP contribution in [0.25, 0.3) is 11.4 Å². The molecule has 0 saturated heterocycles. The van der Waals surface area contributed by atoms with Crippen LogP contribution >= 0.6 is 0 Å². The van der Waals surface area contributed by atoms with Gasteiger partial charge in [-0.05, 0) is 25.5 Å². The minimum Gasteiger partial charge on any atom is -0.342 e. The summed E-state index contributed by atoms with van der Waals surface area (Å²) >= 11 is 0. The SMILES string of the molecule is Cc1cnc(-c2c(C)cccc2F)[nH]1. The molecule has 1 N–H and O–H groups in total. The molecule has 0 aliphatic carbocycles. The molecule has 3 heteroatoms. The van der Waals surface area contributed by atoms with Crippen LogP contribution in [0.15, 0.2) is 24.4 Å². The third-order valence-electron chi connectivity index (χ3n) is 2.16. The minimum absolute atomic E-state index is 0.237. The lowest BCUT2D eigenvalue weighted by molar-refractivity contribution is 0.629. The first-order valence-corrected chi connectivity index (χ1v) is 4.45. The van der Waals surface area contributed by atoms with Gasteiger partial charge in [0.2, 0.25) is 0 Å². The number of aromatic amines is 1. The first-order chi connectivity index (χ1) is 6.68. The van der Waals surface area contributed by atoms with Crippen LogP contribution in [0.2, 0.25) is 0 Å². The van der Waals surface area contributed by atoms with Gasteiger partial charge in [-0.2, -0.15) is 0 Å². The second-order valence-electron chi connectivity index (χ2n) is 3.35. The van der Waals surface area contributed by atoms with Gasteiger partial charge in [0.25, 0.3) is 0 Å². The highest BCUT2D eigenvalue weighted by Crippen LogP contribution is 2.23. The maximum absolute atomic E-state index is 13.5. The van der Waals surface area contributed by atoms with E-state index in [4.69, 9.17) is 0 Å². The molecule has 0 spiro atoms. The lowest BCUT2D eigenvalue weighted by atomic mass is 10.1. The second-order valence-corrected chi connectivity index (χ2v) is 3.35. The Morgan fingerprint density at radius 1 is 1.29 bits per heavy atom. The number of H-pyrrole nitrogens is 1. The highest BCUT2D eigenvalue weighted by molar-refractivity contribution is 5.60. The van der Waals surface area contributed by atoms with Gasteiger partial charge in [0.15, 0.2) is 0 Å². The maximum Gasteiger partial charge on any atom is 0.140 e. The molecule has 0 bridgehead atoms. The number of aryl methyl sites for hydroxylation is 2. The third-order valence-corrected chi connectivity index (χ3v) is 2.16. The summed E-state index contributed by atoms with van der Waals surface area (Å²) in [6.07, 6.45) is 1.70. The first-order valence-electron chi connectivity index (χ1n) is 4.45. The Labute approximate surface area is 81.8 Å². The Kier molecular flexibility index (Phi) is 2.08. The Morgan fingerprint density at radius 2 is 2.07 bits per heavy atom. The van der Waals surface area contributed by atoms with E-state index in [1.54, 1.807) is 12.3 Å². The Balaban J connectivity index is 2.61. The molecule has 0 amide bonds. The van der Waals surface area contributed by atoms with Gasteiger partial charge in [0.05, 0.1) is 5.56 Å². The molecule has 2 nitrogen and oxygen atoms in total. The quantitative estimate of drug-likeness (QED) is 0.736. The monoisotopic (exact) mass is 190 g/mol. The molecular formula is C11H11FN2. The number of hydrogen-bond acceptors (Lipinski definition) is 1. The molecule has 0 aliphatic heterocycles. The van der Waals surface area contributed by atoms with E-state index in [0.717, 1.165) is 11.3 Å². The van der Waals surface area contributed by atoms with Crippen LogP contribution in [-0.4, -0.2) is 9.97 Å². The molecular weight excluding hydrogens is 179 g/mol. The smallest absolute Gasteiger partial charge is 0.140 e. The van der Waals surface area contributed by atoms with Crippen molar-refractivity contribution in [1.82, 2.24) is 9.97 Å². The van der Waals surface area contributed by atoms with Crippen molar-refractivity contribution in [2.24, 2.45) is 0 Å². The first kappa shape index (κ1) is 8.94. The van der Waals surface area contributed by atoms with Gasteiger partial charge in [-0.1, -0.05) is 12.1 Å². The molecule has 0 saturated carbocycles. The topological polar surface area (TPSA) is 28.7 Å². The predicted molar refractivity (Wildman–Crippen MR) is 53.5 cm³/mol. The zero-order valence-corrected chi connectivity index (χ0v) is 8.13. The summed E-state index contributed by atoms with van der Waals surface area (Å²) in [5.74, 6) is 0.359. The van der Waals surface area contributed by atoms with Crippen LogP contribution in [0.5, 0.6) is 0 Å². The predicted octanol–water partition coefficient (Wildman–Crippen LogP) is 2.83. The van der Waals surface area contributed by atoms with Gasteiger partial charge in [-0.15, -0.1) is 0 Å². The molecule has 1 heterocycles. The molecule has 2 rings (SSSR count). The number of benzene rings is 1. The van der Waals surface area contributed by atoms with Crippen LogP contribution < -0.4 is 0 Å². The van der Waals surface area contributed by atoms with E-state index in [-0.39, 0.29) is 5.82 Å².